The summed E-state index contributed by atoms with van der Waals surface area (Å²) in [5.74, 6) is -0.907. The molecule has 0 heterocycles. The molecule has 0 aliphatic rings. The number of nitrogens with zero attached hydrogens (tertiary/aromatic N) is 1. The van der Waals surface area contributed by atoms with Gasteiger partial charge in [-0.3, -0.25) is 14.2 Å². The molecule has 0 rings (SSSR count). The van der Waals surface area contributed by atoms with E-state index in [1.54, 1.807) is 0 Å². The normalized spacial score (nSPS) is 14.1. The Kier molecular flexibility index (Phi) is 36.2. The summed E-state index contributed by atoms with van der Waals surface area (Å²) < 4.78 is 33.8. The van der Waals surface area contributed by atoms with E-state index in [4.69, 9.17) is 18.5 Å². The van der Waals surface area contributed by atoms with E-state index in [1.165, 1.54) is 77.0 Å². The molecule has 10 heteroatoms. The first-order valence-corrected chi connectivity index (χ1v) is 23.3. The average Bonchev–Trinajstić information content (AvgIpc) is 3.13. The molecule has 0 aromatic heterocycles. The summed E-state index contributed by atoms with van der Waals surface area (Å²) in [4.78, 5) is 37.5. The van der Waals surface area contributed by atoms with Crippen LogP contribution in [0.5, 0.6) is 0 Å². The van der Waals surface area contributed by atoms with Gasteiger partial charge in [-0.1, -0.05) is 140 Å². The van der Waals surface area contributed by atoms with Crippen molar-refractivity contribution in [2.75, 3.05) is 47.5 Å². The van der Waals surface area contributed by atoms with Gasteiger partial charge in [0.25, 0.3) is 7.82 Å². The van der Waals surface area contributed by atoms with Crippen LogP contribution >= 0.6 is 7.82 Å². The van der Waals surface area contributed by atoms with Gasteiger partial charge in [0, 0.05) is 12.8 Å². The maximum absolute atomic E-state index is 12.6. The van der Waals surface area contributed by atoms with Crippen molar-refractivity contribution >= 4 is 19.8 Å². The summed E-state index contributed by atoms with van der Waals surface area (Å²) >= 11 is 0. The molecule has 1 unspecified atom stereocenters. The lowest BCUT2D eigenvalue weighted by molar-refractivity contribution is -0.870. The SMILES string of the molecule is CCCCCCC/C=C/CCCCCCCC(=O)O[C@H](COC(=O)CCC/C=C/C/C=C/C/C=C/CCCCCCCC)COP(=O)([O-])OCC[N+](C)(C)C. The zero-order chi connectivity index (χ0) is 40.7. The lowest BCUT2D eigenvalue weighted by Crippen LogP contribution is -2.37. The highest BCUT2D eigenvalue weighted by molar-refractivity contribution is 7.45. The summed E-state index contributed by atoms with van der Waals surface area (Å²) in [5.41, 5.74) is 0. The van der Waals surface area contributed by atoms with E-state index >= 15 is 0 Å². The van der Waals surface area contributed by atoms with Crippen molar-refractivity contribution in [2.45, 2.75) is 180 Å². The van der Waals surface area contributed by atoms with E-state index in [0.29, 0.717) is 23.9 Å². The Balaban J connectivity index is 4.46. The van der Waals surface area contributed by atoms with Gasteiger partial charge >= 0.3 is 11.9 Å². The summed E-state index contributed by atoms with van der Waals surface area (Å²) in [6, 6.07) is 0. The van der Waals surface area contributed by atoms with Crippen molar-refractivity contribution in [3.05, 3.63) is 48.6 Å². The average molecular weight is 796 g/mol. The number of hydrogen-bond acceptors (Lipinski definition) is 8. The third kappa shape index (κ3) is 41.4. The van der Waals surface area contributed by atoms with Crippen molar-refractivity contribution in [1.29, 1.82) is 0 Å². The Bertz CT molecular complexity index is 1080. The first-order valence-electron chi connectivity index (χ1n) is 21.8. The van der Waals surface area contributed by atoms with Crippen LogP contribution in [0.15, 0.2) is 48.6 Å². The number of allylic oxidation sites excluding steroid dienone is 8. The van der Waals surface area contributed by atoms with Crippen molar-refractivity contribution in [3.8, 4) is 0 Å². The van der Waals surface area contributed by atoms with Crippen molar-refractivity contribution in [3.63, 3.8) is 0 Å². The van der Waals surface area contributed by atoms with Crippen molar-refractivity contribution in [1.82, 2.24) is 0 Å². The van der Waals surface area contributed by atoms with E-state index in [0.717, 1.165) is 57.8 Å². The van der Waals surface area contributed by atoms with Crippen molar-refractivity contribution in [2.24, 2.45) is 0 Å². The van der Waals surface area contributed by atoms with E-state index < -0.39 is 32.5 Å². The van der Waals surface area contributed by atoms with Gasteiger partial charge in [-0.05, 0) is 70.6 Å². The Morgan fingerprint density at radius 1 is 0.564 bits per heavy atom. The molecule has 320 valence electrons. The highest BCUT2D eigenvalue weighted by atomic mass is 31.2. The first kappa shape index (κ1) is 53.0. The summed E-state index contributed by atoms with van der Waals surface area (Å²) in [6.07, 6.45) is 42.9. The maximum atomic E-state index is 12.6. The monoisotopic (exact) mass is 796 g/mol. The number of phosphoric ester groups is 1. The topological polar surface area (TPSA) is 111 Å². The fraction of sp³-hybridized carbons (Fsp3) is 0.778. The molecule has 0 spiro atoms. The van der Waals surface area contributed by atoms with Gasteiger partial charge < -0.3 is 27.9 Å². The number of unbranched alkanes of at least 4 members (excludes halogenated alkanes) is 17. The number of rotatable bonds is 39. The molecule has 9 nitrogen and oxygen atoms in total. The fourth-order valence-electron chi connectivity index (χ4n) is 5.61. The summed E-state index contributed by atoms with van der Waals surface area (Å²) in [7, 11) is 1.13. The molecule has 0 saturated heterocycles. The van der Waals surface area contributed by atoms with Gasteiger partial charge in [-0.2, -0.15) is 0 Å². The van der Waals surface area contributed by atoms with Crippen LogP contribution in [0.3, 0.4) is 0 Å². The Morgan fingerprint density at radius 3 is 1.53 bits per heavy atom. The quantitative estimate of drug-likeness (QED) is 0.0199. The predicted octanol–water partition coefficient (Wildman–Crippen LogP) is 11.7. The highest BCUT2D eigenvalue weighted by Crippen LogP contribution is 2.38. The summed E-state index contributed by atoms with van der Waals surface area (Å²) in [6.45, 7) is 4.13. The molecule has 0 aliphatic carbocycles. The molecule has 0 N–H and O–H groups in total. The second-order valence-electron chi connectivity index (χ2n) is 15.7. The smallest absolute Gasteiger partial charge is 0.306 e. The summed E-state index contributed by atoms with van der Waals surface area (Å²) in [5, 5.41) is 0. The molecule has 55 heavy (non-hydrogen) atoms. The highest BCUT2D eigenvalue weighted by Gasteiger charge is 2.21. The number of quaternary nitrogens is 1. The standard InChI is InChI=1S/C45H82NO8P/c1-6-8-10-12-14-16-18-20-22-23-24-26-27-29-31-33-35-37-44(47)51-41-43(42-53-55(49,50)52-40-39-46(3,4)5)54-45(48)38-36-34-32-30-28-25-21-19-17-15-13-11-9-7-2/h19-22,24,26,29,31,43H,6-18,23,25,27-28,30,32-42H2,1-5H3/b21-19+,22-20+,26-24+,31-29+/t43-/m1/s1. The Morgan fingerprint density at radius 2 is 1.00 bits per heavy atom. The zero-order valence-electron chi connectivity index (χ0n) is 35.9. The third-order valence-electron chi connectivity index (χ3n) is 9.07. The van der Waals surface area contributed by atoms with Gasteiger partial charge in [0.05, 0.1) is 27.7 Å². The number of carbonyl (C=O) groups is 2. The molecular formula is C45H82NO8P. The molecule has 0 aromatic carbocycles. The minimum absolute atomic E-state index is 0.0411. The number of phosphoric acid groups is 1. The lowest BCUT2D eigenvalue weighted by atomic mass is 10.1. The molecule has 0 amide bonds. The van der Waals surface area contributed by atoms with Crippen LogP contribution < -0.4 is 4.89 Å². The fourth-order valence-corrected chi connectivity index (χ4v) is 6.33. The number of likely N-dealkylation sites (N-methyl/N-ethyl adjacent to an activating group) is 1. The molecule has 0 aliphatic heterocycles. The largest absolute Gasteiger partial charge is 0.756 e. The third-order valence-corrected chi connectivity index (χ3v) is 10.0. The van der Waals surface area contributed by atoms with Crippen LogP contribution in [-0.4, -0.2) is 70.0 Å². The minimum Gasteiger partial charge on any atom is -0.756 e. The van der Waals surface area contributed by atoms with Gasteiger partial charge in [0.2, 0.25) is 0 Å². The van der Waals surface area contributed by atoms with E-state index in [2.05, 4.69) is 62.5 Å². The molecule has 2 atom stereocenters. The van der Waals surface area contributed by atoms with Gasteiger partial charge in [0.15, 0.2) is 6.10 Å². The number of hydrogen-bond donors (Lipinski definition) is 0. The molecule has 0 saturated carbocycles. The zero-order valence-corrected chi connectivity index (χ0v) is 36.8. The lowest BCUT2D eigenvalue weighted by Gasteiger charge is -2.28. The Hall–Kier alpha value is -2.03. The van der Waals surface area contributed by atoms with Gasteiger partial charge in [-0.15, -0.1) is 0 Å². The molecule has 0 fully saturated rings. The van der Waals surface area contributed by atoms with E-state index in [-0.39, 0.29) is 26.1 Å². The number of carbonyl (C=O) groups excluding carboxylic acids is 2. The number of ether oxygens (including phenoxy) is 2. The van der Waals surface area contributed by atoms with Gasteiger partial charge in [0.1, 0.15) is 19.8 Å². The molecular weight excluding hydrogens is 713 g/mol. The second kappa shape index (κ2) is 37.5. The van der Waals surface area contributed by atoms with E-state index in [9.17, 15) is 19.0 Å². The van der Waals surface area contributed by atoms with Crippen LogP contribution in [0, 0.1) is 0 Å². The Labute approximate surface area is 337 Å². The van der Waals surface area contributed by atoms with Gasteiger partial charge in [-0.25, -0.2) is 0 Å². The number of esters is 2. The second-order valence-corrected chi connectivity index (χ2v) is 17.1. The van der Waals surface area contributed by atoms with Crippen LogP contribution in [0.25, 0.3) is 0 Å². The van der Waals surface area contributed by atoms with E-state index in [1.807, 2.05) is 21.1 Å². The molecule has 0 bridgehead atoms. The van der Waals surface area contributed by atoms with Crippen LogP contribution in [0.1, 0.15) is 174 Å². The van der Waals surface area contributed by atoms with Crippen LogP contribution in [-0.2, 0) is 32.7 Å². The maximum Gasteiger partial charge on any atom is 0.306 e. The predicted molar refractivity (Wildman–Crippen MR) is 227 cm³/mol. The molecule has 0 radical (unpaired) electrons. The minimum atomic E-state index is -4.64. The van der Waals surface area contributed by atoms with Crippen LogP contribution in [0.4, 0.5) is 0 Å². The van der Waals surface area contributed by atoms with Crippen molar-refractivity contribution < 1.29 is 42.1 Å². The first-order chi connectivity index (χ1) is 26.5. The molecule has 0 aromatic rings. The van der Waals surface area contributed by atoms with Crippen LogP contribution in [0.2, 0.25) is 0 Å².